The average Bonchev–Trinajstić information content (AvgIpc) is 1.33. The molecular weight excluding hydrogens is 216 g/mol. The molecule has 0 aliphatic rings. The fourth-order valence-corrected chi connectivity index (χ4v) is 0. The van der Waals surface area contributed by atoms with Gasteiger partial charge < -0.3 is 20.2 Å². The molecule has 0 aromatic carbocycles. The van der Waals surface area contributed by atoms with Gasteiger partial charge in [0.1, 0.15) is 0 Å². The molecule has 0 aromatic rings. The van der Waals surface area contributed by atoms with Gasteiger partial charge in [0.05, 0.1) is 0 Å². The second kappa shape index (κ2) is 29.2. The van der Waals surface area contributed by atoms with Crippen LogP contribution < -0.4 is 169 Å². The van der Waals surface area contributed by atoms with Gasteiger partial charge >= 0.3 is 154 Å². The molecule has 44 valence electrons. The van der Waals surface area contributed by atoms with Crippen LogP contribution in [0.25, 0.3) is 0 Å². The standard InChI is InChI=1S/C2H6O.BO3.3K/c1-2-3;2-1(3)4;;;/h3H,2H2,1H3;;;;/q;-3;3*+1. The summed E-state index contributed by atoms with van der Waals surface area (Å²) < 4.78 is 0. The van der Waals surface area contributed by atoms with Crippen molar-refractivity contribution in [2.75, 3.05) is 6.61 Å². The molecule has 4 nitrogen and oxygen atoms in total. The molecule has 0 aliphatic carbocycles. The molecular formula is C2H6BK3O4. The summed E-state index contributed by atoms with van der Waals surface area (Å²) in [6.07, 6.45) is 0. The van der Waals surface area contributed by atoms with Crippen LogP contribution in [0.2, 0.25) is 0 Å². The quantitative estimate of drug-likeness (QED) is 0.412. The summed E-state index contributed by atoms with van der Waals surface area (Å²) in [6, 6.07) is 0. The molecule has 1 N–H and O–H groups in total. The van der Waals surface area contributed by atoms with Crippen LogP contribution in [0.1, 0.15) is 6.92 Å². The molecule has 0 radical (unpaired) electrons. The molecule has 0 rings (SSSR count). The molecule has 0 saturated carbocycles. The van der Waals surface area contributed by atoms with E-state index in [9.17, 15) is 0 Å². The molecule has 10 heavy (non-hydrogen) atoms. The summed E-state index contributed by atoms with van der Waals surface area (Å²) in [6.45, 7) is 1.93. The minimum atomic E-state index is -2.92. The monoisotopic (exact) mass is 222 g/mol. The zero-order valence-corrected chi connectivity index (χ0v) is 16.3. The molecule has 0 fully saturated rings. The van der Waals surface area contributed by atoms with E-state index >= 15 is 0 Å². The minimum Gasteiger partial charge on any atom is -0.907 e. The first kappa shape index (κ1) is 29.4. The molecule has 0 atom stereocenters. The fraction of sp³-hybridized carbons (Fsp3) is 1.00. The first-order chi connectivity index (χ1) is 3.15. The zero-order chi connectivity index (χ0) is 6.28. The van der Waals surface area contributed by atoms with Gasteiger partial charge in [0.15, 0.2) is 0 Å². The Hall–Kier alpha value is 4.81. The maximum Gasteiger partial charge on any atom is 1.00 e. The van der Waals surface area contributed by atoms with E-state index in [1.807, 2.05) is 0 Å². The van der Waals surface area contributed by atoms with Crippen molar-refractivity contribution in [3.63, 3.8) is 0 Å². The van der Waals surface area contributed by atoms with Gasteiger partial charge in [0.2, 0.25) is 0 Å². The van der Waals surface area contributed by atoms with Crippen LogP contribution in [-0.2, 0) is 0 Å². The normalized spacial score (nSPS) is 4.50. The Morgan fingerprint density at radius 3 is 1.10 bits per heavy atom. The van der Waals surface area contributed by atoms with E-state index in [0.717, 1.165) is 0 Å². The Balaban J connectivity index is -0.0000000131. The van der Waals surface area contributed by atoms with Crippen LogP contribution >= 0.6 is 0 Å². The van der Waals surface area contributed by atoms with Crippen LogP contribution in [0.5, 0.6) is 0 Å². The van der Waals surface area contributed by atoms with Crippen molar-refractivity contribution in [3.8, 4) is 0 Å². The van der Waals surface area contributed by atoms with Crippen LogP contribution in [0.3, 0.4) is 0 Å². The Morgan fingerprint density at radius 1 is 1.10 bits per heavy atom. The van der Waals surface area contributed by atoms with Gasteiger partial charge in [-0.3, -0.25) is 7.32 Å². The molecule has 0 heterocycles. The summed E-state index contributed by atoms with van der Waals surface area (Å²) in [5.74, 6) is 0. The van der Waals surface area contributed by atoms with Gasteiger partial charge in [-0.05, 0) is 6.92 Å². The molecule has 0 unspecified atom stereocenters. The predicted molar refractivity (Wildman–Crippen MR) is 18.5 cm³/mol. The first-order valence-corrected chi connectivity index (χ1v) is 1.73. The number of aliphatic hydroxyl groups excluding tert-OH is 1. The Bertz CT molecular complexity index is 29.7. The molecule has 0 saturated heterocycles. The summed E-state index contributed by atoms with van der Waals surface area (Å²) in [4.78, 5) is 0. The maximum absolute atomic E-state index is 8.42. The predicted octanol–water partition coefficient (Wildman–Crippen LogP) is -12.9. The molecule has 0 spiro atoms. The molecule has 8 heteroatoms. The number of hydrogen-bond acceptors (Lipinski definition) is 4. The second-order valence-corrected chi connectivity index (χ2v) is 0.605. The van der Waals surface area contributed by atoms with E-state index in [0.29, 0.717) is 0 Å². The van der Waals surface area contributed by atoms with Crippen molar-refractivity contribution in [2.24, 2.45) is 0 Å². The van der Waals surface area contributed by atoms with Crippen LogP contribution in [0.4, 0.5) is 0 Å². The molecule has 0 amide bonds. The van der Waals surface area contributed by atoms with Gasteiger partial charge in [-0.2, -0.15) is 0 Å². The number of hydrogen-bond donors (Lipinski definition) is 1. The van der Waals surface area contributed by atoms with E-state index in [1.165, 1.54) is 0 Å². The van der Waals surface area contributed by atoms with E-state index in [4.69, 9.17) is 20.2 Å². The minimum absolute atomic E-state index is 0. The van der Waals surface area contributed by atoms with E-state index in [2.05, 4.69) is 0 Å². The summed E-state index contributed by atoms with van der Waals surface area (Å²) >= 11 is 0. The average molecular weight is 222 g/mol. The first-order valence-electron chi connectivity index (χ1n) is 1.73. The summed E-state index contributed by atoms with van der Waals surface area (Å²) in [7, 11) is -2.92. The SMILES string of the molecule is CCO.[K+].[K+].[K+].[O-]B([O-])[O-]. The third-order valence-corrected chi connectivity index (χ3v) is 0. The third kappa shape index (κ3) is 77.2. The fourth-order valence-electron chi connectivity index (χ4n) is 0. The van der Waals surface area contributed by atoms with Crippen LogP contribution in [0.15, 0.2) is 0 Å². The van der Waals surface area contributed by atoms with Crippen LogP contribution in [0, 0.1) is 0 Å². The molecule has 0 aliphatic heterocycles. The van der Waals surface area contributed by atoms with Crippen molar-refractivity contribution in [3.05, 3.63) is 0 Å². The largest absolute Gasteiger partial charge is 1.00 e. The Labute approximate surface area is 189 Å². The van der Waals surface area contributed by atoms with E-state index < -0.39 is 7.32 Å². The molecule has 0 bridgehead atoms. The third-order valence-electron chi connectivity index (χ3n) is 0. The van der Waals surface area contributed by atoms with Gasteiger partial charge in [0.25, 0.3) is 0 Å². The van der Waals surface area contributed by atoms with E-state index in [-0.39, 0.29) is 161 Å². The zero-order valence-electron chi connectivity index (χ0n) is 6.96. The van der Waals surface area contributed by atoms with E-state index in [1.54, 1.807) is 6.92 Å². The van der Waals surface area contributed by atoms with Crippen molar-refractivity contribution in [1.82, 2.24) is 0 Å². The van der Waals surface area contributed by atoms with Crippen molar-refractivity contribution in [2.45, 2.75) is 6.92 Å². The Morgan fingerprint density at radius 2 is 1.10 bits per heavy atom. The summed E-state index contributed by atoms with van der Waals surface area (Å²) in [5.41, 5.74) is 0. The van der Waals surface area contributed by atoms with Gasteiger partial charge in [-0.15, -0.1) is 0 Å². The number of aliphatic hydroxyl groups is 1. The van der Waals surface area contributed by atoms with Crippen molar-refractivity contribution >= 4 is 7.32 Å². The van der Waals surface area contributed by atoms with Crippen LogP contribution in [-0.4, -0.2) is 19.0 Å². The van der Waals surface area contributed by atoms with Gasteiger partial charge in [-0.25, -0.2) is 0 Å². The number of rotatable bonds is 0. The van der Waals surface area contributed by atoms with Crippen molar-refractivity contribution in [1.29, 1.82) is 0 Å². The molecule has 0 aromatic heterocycles. The van der Waals surface area contributed by atoms with Gasteiger partial charge in [0, 0.05) is 6.61 Å². The topological polar surface area (TPSA) is 89.4 Å². The maximum atomic E-state index is 8.42. The van der Waals surface area contributed by atoms with Gasteiger partial charge in [-0.1, -0.05) is 0 Å². The smallest absolute Gasteiger partial charge is 0.907 e. The Kier molecular flexibility index (Phi) is 85.7. The second-order valence-electron chi connectivity index (χ2n) is 0.605. The summed E-state index contributed by atoms with van der Waals surface area (Å²) in [5, 5.41) is 32.8. The van der Waals surface area contributed by atoms with Crippen molar-refractivity contribution < 1.29 is 174 Å².